The maximum absolute atomic E-state index is 5.60. The quantitative estimate of drug-likeness (QED) is 0.650. The van der Waals surface area contributed by atoms with Crippen LogP contribution in [0.25, 0.3) is 5.69 Å². The summed E-state index contributed by atoms with van der Waals surface area (Å²) in [5, 5.41) is 8.53. The summed E-state index contributed by atoms with van der Waals surface area (Å²) in [4.78, 5) is 4.83. The molecule has 4 rings (SSSR count). The lowest BCUT2D eigenvalue weighted by atomic mass is 10.1. The third kappa shape index (κ3) is 3.79. The number of para-hydroxylation sites is 1. The number of aromatic nitrogens is 4. The van der Waals surface area contributed by atoms with Gasteiger partial charge in [-0.15, -0.1) is 0 Å². The molecule has 0 spiro atoms. The summed E-state index contributed by atoms with van der Waals surface area (Å²) in [6.07, 6.45) is 0. The molecule has 0 radical (unpaired) electrons. The van der Waals surface area contributed by atoms with Crippen LogP contribution in [0.1, 0.15) is 11.1 Å². The Labute approximate surface area is 164 Å². The second kappa shape index (κ2) is 7.62. The topological polar surface area (TPSA) is 42.1 Å². The highest BCUT2D eigenvalue weighted by Gasteiger charge is 2.19. The van der Waals surface area contributed by atoms with Gasteiger partial charge < -0.3 is 4.90 Å². The van der Waals surface area contributed by atoms with E-state index in [9.17, 15) is 0 Å². The zero-order valence-electron chi connectivity index (χ0n) is 15.7. The third-order valence-corrected chi connectivity index (χ3v) is 5.43. The Balaban J connectivity index is 1.43. The molecule has 0 saturated carbocycles. The maximum atomic E-state index is 5.60. The van der Waals surface area contributed by atoms with Gasteiger partial charge in [0, 0.05) is 31.9 Å². The average molecular weight is 381 g/mol. The fraction of sp³-hybridized carbons (Fsp3) is 0.350. The molecule has 140 valence electrons. The number of tetrazole rings is 1. The molecule has 7 heteroatoms. The van der Waals surface area contributed by atoms with Gasteiger partial charge in [0.2, 0.25) is 4.77 Å². The third-order valence-electron chi connectivity index (χ3n) is 5.05. The van der Waals surface area contributed by atoms with Gasteiger partial charge in [0.25, 0.3) is 0 Å². The van der Waals surface area contributed by atoms with Crippen LogP contribution in [0.15, 0.2) is 48.5 Å². The van der Waals surface area contributed by atoms with Crippen LogP contribution in [0.4, 0.5) is 5.69 Å². The molecule has 0 atom stereocenters. The van der Waals surface area contributed by atoms with Crippen LogP contribution in [0.3, 0.4) is 0 Å². The molecule has 0 aliphatic carbocycles. The Morgan fingerprint density at radius 3 is 2.44 bits per heavy atom. The zero-order chi connectivity index (χ0) is 18.8. The van der Waals surface area contributed by atoms with Gasteiger partial charge in [-0.1, -0.05) is 30.3 Å². The predicted octanol–water partition coefficient (Wildman–Crippen LogP) is 3.19. The molecule has 1 aliphatic rings. The van der Waals surface area contributed by atoms with Gasteiger partial charge >= 0.3 is 0 Å². The van der Waals surface area contributed by atoms with Crippen molar-refractivity contribution in [3.63, 3.8) is 0 Å². The van der Waals surface area contributed by atoms with E-state index in [0.29, 0.717) is 11.4 Å². The van der Waals surface area contributed by atoms with Crippen molar-refractivity contribution in [3.05, 3.63) is 64.4 Å². The van der Waals surface area contributed by atoms with Crippen LogP contribution in [-0.4, -0.2) is 50.9 Å². The lowest BCUT2D eigenvalue weighted by Gasteiger charge is -2.36. The molecule has 6 nitrogen and oxygen atoms in total. The smallest absolute Gasteiger partial charge is 0.221 e. The lowest BCUT2D eigenvalue weighted by molar-refractivity contribution is 0.193. The Morgan fingerprint density at radius 1 is 0.926 bits per heavy atom. The van der Waals surface area contributed by atoms with E-state index < -0.39 is 0 Å². The van der Waals surface area contributed by atoms with Gasteiger partial charge in [0.05, 0.1) is 12.4 Å². The van der Waals surface area contributed by atoms with E-state index in [1.807, 2.05) is 12.1 Å². The van der Waals surface area contributed by atoms with Gasteiger partial charge in [-0.05, 0) is 65.8 Å². The summed E-state index contributed by atoms with van der Waals surface area (Å²) >= 11 is 5.60. The molecule has 0 unspecified atom stereocenters. The van der Waals surface area contributed by atoms with Crippen LogP contribution >= 0.6 is 12.2 Å². The molecule has 0 bridgehead atoms. The van der Waals surface area contributed by atoms with Gasteiger partial charge in [0.15, 0.2) is 0 Å². The predicted molar refractivity (Wildman–Crippen MR) is 110 cm³/mol. The molecular weight excluding hydrogens is 356 g/mol. The highest BCUT2D eigenvalue weighted by molar-refractivity contribution is 7.71. The van der Waals surface area contributed by atoms with Crippen molar-refractivity contribution in [3.8, 4) is 5.69 Å². The summed E-state index contributed by atoms with van der Waals surface area (Å²) in [5.41, 5.74) is 4.79. The molecule has 1 aliphatic heterocycles. The van der Waals surface area contributed by atoms with Crippen molar-refractivity contribution >= 4 is 17.9 Å². The summed E-state index contributed by atoms with van der Waals surface area (Å²) in [6, 6.07) is 16.7. The van der Waals surface area contributed by atoms with Crippen LogP contribution < -0.4 is 4.90 Å². The van der Waals surface area contributed by atoms with Gasteiger partial charge in [0.1, 0.15) is 0 Å². The highest BCUT2D eigenvalue weighted by Crippen LogP contribution is 2.21. The summed E-state index contributed by atoms with van der Waals surface area (Å²) in [5.74, 6) is 0. The van der Waals surface area contributed by atoms with Crippen molar-refractivity contribution in [1.29, 1.82) is 0 Å². The fourth-order valence-electron chi connectivity index (χ4n) is 3.52. The standard InChI is InChI=1S/C20H24N6S/c1-16-6-5-8-18(14-16)26-20(27)25(21-22-26)15-23-10-12-24(13-11-23)19-9-4-3-7-17(19)2/h3-9,14H,10-13,15H2,1-2H3. The average Bonchev–Trinajstić information content (AvgIpc) is 3.03. The number of aryl methyl sites for hydroxylation is 2. The molecule has 3 aromatic rings. The Kier molecular flexibility index (Phi) is 5.05. The second-order valence-corrected chi connectivity index (χ2v) is 7.41. The first-order chi connectivity index (χ1) is 13.1. The minimum atomic E-state index is 0.627. The van der Waals surface area contributed by atoms with Crippen molar-refractivity contribution in [2.75, 3.05) is 31.1 Å². The van der Waals surface area contributed by atoms with E-state index in [1.165, 1.54) is 16.8 Å². The fourth-order valence-corrected chi connectivity index (χ4v) is 3.76. The van der Waals surface area contributed by atoms with E-state index in [4.69, 9.17) is 12.2 Å². The Hall–Kier alpha value is -2.51. The number of benzene rings is 2. The maximum Gasteiger partial charge on any atom is 0.221 e. The summed E-state index contributed by atoms with van der Waals surface area (Å²) in [7, 11) is 0. The Morgan fingerprint density at radius 2 is 1.70 bits per heavy atom. The monoisotopic (exact) mass is 380 g/mol. The lowest BCUT2D eigenvalue weighted by Crippen LogP contribution is -2.47. The van der Waals surface area contributed by atoms with E-state index >= 15 is 0 Å². The molecule has 2 heterocycles. The molecule has 0 N–H and O–H groups in total. The van der Waals surface area contributed by atoms with Crippen LogP contribution in [0.2, 0.25) is 0 Å². The minimum Gasteiger partial charge on any atom is -0.369 e. The van der Waals surface area contributed by atoms with E-state index in [1.54, 1.807) is 9.36 Å². The van der Waals surface area contributed by atoms with Gasteiger partial charge in [-0.25, -0.2) is 4.68 Å². The van der Waals surface area contributed by atoms with E-state index in [-0.39, 0.29) is 0 Å². The Bertz CT molecular complexity index is 984. The number of rotatable bonds is 4. The molecule has 1 fully saturated rings. The number of piperazine rings is 1. The normalized spacial score (nSPS) is 15.3. The molecule has 1 aromatic heterocycles. The van der Waals surface area contributed by atoms with E-state index in [0.717, 1.165) is 31.9 Å². The molecule has 0 amide bonds. The summed E-state index contributed by atoms with van der Waals surface area (Å²) in [6.45, 7) is 8.87. The molecular formula is C20H24N6S. The first-order valence-corrected chi connectivity index (χ1v) is 9.65. The molecule has 27 heavy (non-hydrogen) atoms. The first kappa shape index (κ1) is 17.9. The number of hydrogen-bond acceptors (Lipinski definition) is 5. The number of nitrogens with zero attached hydrogens (tertiary/aromatic N) is 6. The van der Waals surface area contributed by atoms with E-state index in [2.05, 4.69) is 70.5 Å². The van der Waals surface area contributed by atoms with Crippen LogP contribution in [0, 0.1) is 18.6 Å². The minimum absolute atomic E-state index is 0.627. The van der Waals surface area contributed by atoms with Crippen molar-refractivity contribution in [2.24, 2.45) is 0 Å². The van der Waals surface area contributed by atoms with Crippen molar-refractivity contribution < 1.29 is 0 Å². The molecule has 1 saturated heterocycles. The first-order valence-electron chi connectivity index (χ1n) is 9.24. The SMILES string of the molecule is Cc1cccc(-n2nnn(CN3CCN(c4ccccc4C)CC3)c2=S)c1. The zero-order valence-corrected chi connectivity index (χ0v) is 16.6. The van der Waals surface area contributed by atoms with Crippen LogP contribution in [0.5, 0.6) is 0 Å². The number of anilines is 1. The second-order valence-electron chi connectivity index (χ2n) is 7.04. The molecule has 2 aromatic carbocycles. The largest absolute Gasteiger partial charge is 0.369 e. The van der Waals surface area contributed by atoms with Crippen LogP contribution in [-0.2, 0) is 6.67 Å². The van der Waals surface area contributed by atoms with Gasteiger partial charge in [-0.2, -0.15) is 4.68 Å². The summed E-state index contributed by atoms with van der Waals surface area (Å²) < 4.78 is 4.16. The van der Waals surface area contributed by atoms with Gasteiger partial charge in [-0.3, -0.25) is 4.90 Å². The van der Waals surface area contributed by atoms with Crippen molar-refractivity contribution in [2.45, 2.75) is 20.5 Å². The van der Waals surface area contributed by atoms with Crippen molar-refractivity contribution in [1.82, 2.24) is 24.7 Å². The number of hydrogen-bond donors (Lipinski definition) is 0. The highest BCUT2D eigenvalue weighted by atomic mass is 32.1.